The predicted octanol–water partition coefficient (Wildman–Crippen LogP) is 2.14. The summed E-state index contributed by atoms with van der Waals surface area (Å²) in [6.45, 7) is 1.65. The molecule has 134 valence electrons. The Hall–Kier alpha value is -2.24. The molecule has 0 aliphatic heterocycles. The van der Waals surface area contributed by atoms with Crippen LogP contribution in [0.3, 0.4) is 0 Å². The molecule has 0 bridgehead atoms. The third-order valence-electron chi connectivity index (χ3n) is 3.67. The molecule has 6 heteroatoms. The van der Waals surface area contributed by atoms with Crippen molar-refractivity contribution >= 4 is 11.9 Å². The maximum Gasteiger partial charge on any atom is 0.305 e. The Morgan fingerprint density at radius 3 is 2.38 bits per heavy atom. The van der Waals surface area contributed by atoms with Crippen molar-refractivity contribution in [1.29, 1.82) is 0 Å². The molecule has 0 amide bonds. The number of carbonyl (C=O) groups is 1. The first-order valence-corrected chi connectivity index (χ1v) is 8.34. The van der Waals surface area contributed by atoms with E-state index in [1.165, 1.54) is 12.7 Å². The maximum absolute atomic E-state index is 11.0. The Morgan fingerprint density at radius 1 is 1.04 bits per heavy atom. The second-order valence-electron chi connectivity index (χ2n) is 5.41. The van der Waals surface area contributed by atoms with Crippen LogP contribution in [0.25, 0.3) is 0 Å². The van der Waals surface area contributed by atoms with Crippen LogP contribution in [0, 0.1) is 0 Å². The summed E-state index contributed by atoms with van der Waals surface area (Å²) in [5, 5.41) is 6.58. The lowest BCUT2D eigenvalue weighted by atomic mass is 10.1. The van der Waals surface area contributed by atoms with Gasteiger partial charge < -0.3 is 20.1 Å². The number of nitrogens with one attached hydrogen (secondary N) is 2. The van der Waals surface area contributed by atoms with Crippen LogP contribution in [-0.2, 0) is 16.0 Å². The van der Waals surface area contributed by atoms with Gasteiger partial charge in [0.25, 0.3) is 0 Å². The first-order chi connectivity index (χ1) is 11.7. The molecule has 1 rings (SSSR count). The van der Waals surface area contributed by atoms with Crippen LogP contribution in [0.1, 0.15) is 31.2 Å². The number of ether oxygens (including phenoxy) is 2. The first-order valence-electron chi connectivity index (χ1n) is 8.34. The van der Waals surface area contributed by atoms with Gasteiger partial charge >= 0.3 is 5.97 Å². The van der Waals surface area contributed by atoms with Crippen molar-refractivity contribution in [2.75, 3.05) is 34.4 Å². The van der Waals surface area contributed by atoms with Crippen molar-refractivity contribution in [3.8, 4) is 5.75 Å². The topological polar surface area (TPSA) is 72.0 Å². The molecule has 6 nitrogen and oxygen atoms in total. The molecule has 0 aliphatic rings. The Morgan fingerprint density at radius 2 is 1.75 bits per heavy atom. The minimum atomic E-state index is -0.140. The predicted molar refractivity (Wildman–Crippen MR) is 96.5 cm³/mol. The van der Waals surface area contributed by atoms with Gasteiger partial charge in [-0.1, -0.05) is 18.6 Å². The fourth-order valence-electron chi connectivity index (χ4n) is 2.22. The van der Waals surface area contributed by atoms with Crippen LogP contribution in [0.2, 0.25) is 0 Å². The Balaban J connectivity index is 2.12. The Kier molecular flexibility index (Phi) is 10.1. The molecule has 0 aliphatic carbocycles. The van der Waals surface area contributed by atoms with Crippen molar-refractivity contribution in [3.05, 3.63) is 29.8 Å². The Bertz CT molecular complexity index is 501. The quantitative estimate of drug-likeness (QED) is 0.297. The van der Waals surface area contributed by atoms with Crippen LogP contribution in [0.4, 0.5) is 0 Å². The lowest BCUT2D eigenvalue weighted by Crippen LogP contribution is -2.38. The van der Waals surface area contributed by atoms with Gasteiger partial charge in [-0.25, -0.2) is 0 Å². The van der Waals surface area contributed by atoms with E-state index in [2.05, 4.69) is 32.5 Å². The van der Waals surface area contributed by atoms with Crippen molar-refractivity contribution in [3.63, 3.8) is 0 Å². The standard InChI is InChI=1S/C18H29N3O3/c1-19-18(20-13-6-4-5-7-17(22)24-3)21-14-12-15-8-10-16(23-2)11-9-15/h8-11H,4-7,12-14H2,1-3H3,(H2,19,20,21). The normalized spacial score (nSPS) is 11.0. The molecule has 0 aromatic heterocycles. The third kappa shape index (κ3) is 8.41. The van der Waals surface area contributed by atoms with Crippen molar-refractivity contribution in [2.45, 2.75) is 32.1 Å². The number of esters is 1. The minimum absolute atomic E-state index is 0.140. The number of hydrogen-bond acceptors (Lipinski definition) is 4. The number of aliphatic imine (C=N–C) groups is 1. The highest BCUT2D eigenvalue weighted by Crippen LogP contribution is 2.11. The molecule has 0 atom stereocenters. The van der Waals surface area contributed by atoms with Gasteiger partial charge in [-0.3, -0.25) is 9.79 Å². The van der Waals surface area contributed by atoms with Crippen LogP contribution in [0.15, 0.2) is 29.3 Å². The molecule has 1 aromatic rings. The average molecular weight is 335 g/mol. The van der Waals surface area contributed by atoms with E-state index in [0.717, 1.165) is 50.5 Å². The zero-order valence-corrected chi connectivity index (χ0v) is 14.9. The molecule has 0 radical (unpaired) electrons. The van der Waals surface area contributed by atoms with Gasteiger partial charge in [0.2, 0.25) is 0 Å². The van der Waals surface area contributed by atoms with E-state index in [-0.39, 0.29) is 5.97 Å². The summed E-state index contributed by atoms with van der Waals surface area (Å²) in [5.74, 6) is 1.53. The molecule has 0 spiro atoms. The molecule has 2 N–H and O–H groups in total. The number of unbranched alkanes of at least 4 members (excludes halogenated alkanes) is 2. The van der Waals surface area contributed by atoms with E-state index in [0.29, 0.717) is 6.42 Å². The molecule has 0 fully saturated rings. The number of guanidine groups is 1. The third-order valence-corrected chi connectivity index (χ3v) is 3.67. The van der Waals surface area contributed by atoms with Gasteiger partial charge in [0, 0.05) is 26.6 Å². The molecule has 0 saturated carbocycles. The summed E-state index contributed by atoms with van der Waals surface area (Å²) < 4.78 is 9.77. The van der Waals surface area contributed by atoms with E-state index in [4.69, 9.17) is 4.74 Å². The van der Waals surface area contributed by atoms with Crippen LogP contribution < -0.4 is 15.4 Å². The zero-order valence-electron chi connectivity index (χ0n) is 14.9. The van der Waals surface area contributed by atoms with Gasteiger partial charge in [-0.2, -0.15) is 0 Å². The minimum Gasteiger partial charge on any atom is -0.497 e. The maximum atomic E-state index is 11.0. The van der Waals surface area contributed by atoms with E-state index >= 15 is 0 Å². The number of carbonyl (C=O) groups excluding carboxylic acids is 1. The van der Waals surface area contributed by atoms with Crippen LogP contribution in [0.5, 0.6) is 5.75 Å². The molecule has 1 aromatic carbocycles. The summed E-state index contributed by atoms with van der Waals surface area (Å²) in [6.07, 6.45) is 4.26. The van der Waals surface area contributed by atoms with Crippen molar-refractivity contribution in [2.24, 2.45) is 4.99 Å². The van der Waals surface area contributed by atoms with Gasteiger partial charge in [-0.05, 0) is 37.0 Å². The molecular formula is C18H29N3O3. The molecule has 0 saturated heterocycles. The lowest BCUT2D eigenvalue weighted by molar-refractivity contribution is -0.140. The summed E-state index contributed by atoms with van der Waals surface area (Å²) in [5.41, 5.74) is 1.25. The summed E-state index contributed by atoms with van der Waals surface area (Å²) in [6, 6.07) is 8.07. The molecule has 0 heterocycles. The molecular weight excluding hydrogens is 306 g/mol. The van der Waals surface area contributed by atoms with E-state index < -0.39 is 0 Å². The highest BCUT2D eigenvalue weighted by Gasteiger charge is 2.01. The Labute approximate surface area is 144 Å². The monoisotopic (exact) mass is 335 g/mol. The highest BCUT2D eigenvalue weighted by molar-refractivity contribution is 5.79. The van der Waals surface area contributed by atoms with Crippen molar-refractivity contribution in [1.82, 2.24) is 10.6 Å². The molecule has 24 heavy (non-hydrogen) atoms. The van der Waals surface area contributed by atoms with Crippen LogP contribution >= 0.6 is 0 Å². The van der Waals surface area contributed by atoms with E-state index in [1.807, 2.05) is 12.1 Å². The van der Waals surface area contributed by atoms with Crippen LogP contribution in [-0.4, -0.2) is 46.3 Å². The fourth-order valence-corrected chi connectivity index (χ4v) is 2.22. The second kappa shape index (κ2) is 12.2. The van der Waals surface area contributed by atoms with Crippen molar-refractivity contribution < 1.29 is 14.3 Å². The largest absolute Gasteiger partial charge is 0.497 e. The number of rotatable bonds is 10. The second-order valence-corrected chi connectivity index (χ2v) is 5.41. The number of nitrogens with zero attached hydrogens (tertiary/aromatic N) is 1. The van der Waals surface area contributed by atoms with Gasteiger partial charge in [0.05, 0.1) is 14.2 Å². The fraction of sp³-hybridized carbons (Fsp3) is 0.556. The van der Waals surface area contributed by atoms with E-state index in [1.54, 1.807) is 14.2 Å². The first kappa shape index (κ1) is 19.8. The number of hydrogen-bond donors (Lipinski definition) is 2. The van der Waals surface area contributed by atoms with E-state index in [9.17, 15) is 4.79 Å². The average Bonchev–Trinajstić information content (AvgIpc) is 2.63. The zero-order chi connectivity index (χ0) is 17.6. The van der Waals surface area contributed by atoms with Gasteiger partial charge in [0.15, 0.2) is 5.96 Å². The smallest absolute Gasteiger partial charge is 0.305 e. The van der Waals surface area contributed by atoms with Gasteiger partial charge in [0.1, 0.15) is 5.75 Å². The number of methoxy groups -OCH3 is 2. The number of benzene rings is 1. The summed E-state index contributed by atoms with van der Waals surface area (Å²) in [4.78, 5) is 15.2. The van der Waals surface area contributed by atoms with Gasteiger partial charge in [-0.15, -0.1) is 0 Å². The lowest BCUT2D eigenvalue weighted by Gasteiger charge is -2.12. The summed E-state index contributed by atoms with van der Waals surface area (Å²) in [7, 11) is 4.85. The SMILES string of the molecule is CN=C(NCCCCCC(=O)OC)NCCc1ccc(OC)cc1. The summed E-state index contributed by atoms with van der Waals surface area (Å²) >= 11 is 0. The molecule has 0 unspecified atom stereocenters. The highest BCUT2D eigenvalue weighted by atomic mass is 16.5.